The Morgan fingerprint density at radius 2 is 1.70 bits per heavy atom. The molecule has 0 aliphatic heterocycles. The first kappa shape index (κ1) is 26.9. The molecule has 1 aliphatic carbocycles. The Bertz CT molecular complexity index is 1280. The average Bonchev–Trinajstić information content (AvgIpc) is 3.17. The van der Waals surface area contributed by atoms with Gasteiger partial charge in [-0.05, 0) is 79.1 Å². The van der Waals surface area contributed by atoms with Crippen molar-refractivity contribution in [1.29, 1.82) is 0 Å². The number of aromatic nitrogens is 1. The zero-order valence-corrected chi connectivity index (χ0v) is 20.8. The number of hydrogen-bond acceptors (Lipinski definition) is 4. The van der Waals surface area contributed by atoms with Gasteiger partial charge >= 0.3 is 6.18 Å². The van der Waals surface area contributed by atoms with E-state index in [0.717, 1.165) is 36.1 Å². The maximum Gasteiger partial charge on any atom is 0.417 e. The summed E-state index contributed by atoms with van der Waals surface area (Å²) in [6.45, 7) is 4.94. The number of pyridine rings is 1. The second-order valence-corrected chi connectivity index (χ2v) is 10.1. The fraction of sp³-hybridized carbons (Fsp3) is 0.393. The molecule has 4 rings (SSSR count). The summed E-state index contributed by atoms with van der Waals surface area (Å²) < 4.78 is 81.6. The fourth-order valence-electron chi connectivity index (χ4n) is 4.33. The molecular formula is C28H28F5NO3. The second kappa shape index (κ2) is 10.3. The Balaban J connectivity index is 1.59. The molecule has 0 bridgehead atoms. The van der Waals surface area contributed by atoms with E-state index < -0.39 is 29.0 Å². The first-order valence-electron chi connectivity index (χ1n) is 12.0. The van der Waals surface area contributed by atoms with Gasteiger partial charge in [0.2, 0.25) is 5.88 Å². The van der Waals surface area contributed by atoms with Crippen molar-refractivity contribution in [3.05, 3.63) is 76.5 Å². The topological polar surface area (TPSA) is 51.6 Å². The minimum atomic E-state index is -4.87. The van der Waals surface area contributed by atoms with Crippen molar-refractivity contribution in [3.8, 4) is 22.8 Å². The van der Waals surface area contributed by atoms with Gasteiger partial charge < -0.3 is 14.6 Å². The van der Waals surface area contributed by atoms with E-state index in [1.807, 2.05) is 0 Å². The molecule has 0 saturated heterocycles. The lowest BCUT2D eigenvalue weighted by atomic mass is 9.96. The van der Waals surface area contributed by atoms with Gasteiger partial charge in [-0.15, -0.1) is 0 Å². The van der Waals surface area contributed by atoms with Crippen molar-refractivity contribution in [2.45, 2.75) is 58.4 Å². The smallest absolute Gasteiger partial charge is 0.417 e. The van der Waals surface area contributed by atoms with E-state index in [1.54, 1.807) is 26.1 Å². The third-order valence-electron chi connectivity index (χ3n) is 6.28. The molecule has 1 atom stereocenters. The second-order valence-electron chi connectivity index (χ2n) is 10.1. The summed E-state index contributed by atoms with van der Waals surface area (Å²) in [7, 11) is 0. The van der Waals surface area contributed by atoms with Gasteiger partial charge in [0, 0.05) is 24.2 Å². The quantitative estimate of drug-likeness (QED) is 0.328. The number of rotatable bonds is 8. The molecule has 0 amide bonds. The van der Waals surface area contributed by atoms with Crippen LogP contribution in [0.1, 0.15) is 49.4 Å². The van der Waals surface area contributed by atoms with Crippen LogP contribution in [0.2, 0.25) is 0 Å². The Labute approximate surface area is 212 Å². The third-order valence-corrected chi connectivity index (χ3v) is 6.28. The highest BCUT2D eigenvalue weighted by atomic mass is 19.4. The van der Waals surface area contributed by atoms with Crippen LogP contribution in [0.3, 0.4) is 0 Å². The summed E-state index contributed by atoms with van der Waals surface area (Å²) in [6.07, 6.45) is -1.15. The molecular weight excluding hydrogens is 493 g/mol. The zero-order valence-electron chi connectivity index (χ0n) is 20.8. The van der Waals surface area contributed by atoms with E-state index >= 15 is 0 Å². The Hall–Kier alpha value is -3.20. The molecule has 0 saturated carbocycles. The summed E-state index contributed by atoms with van der Waals surface area (Å²) in [5, 5.41) is 9.76. The van der Waals surface area contributed by atoms with Gasteiger partial charge in [0.15, 0.2) is 11.6 Å². The highest BCUT2D eigenvalue weighted by Gasteiger charge is 2.35. The van der Waals surface area contributed by atoms with Crippen LogP contribution in [0.5, 0.6) is 11.6 Å². The van der Waals surface area contributed by atoms with Gasteiger partial charge in [0.05, 0.1) is 17.8 Å². The van der Waals surface area contributed by atoms with Crippen LogP contribution >= 0.6 is 0 Å². The molecule has 1 heterocycles. The minimum Gasteiger partial charge on any atom is -0.490 e. The van der Waals surface area contributed by atoms with Gasteiger partial charge in [0.1, 0.15) is 12.4 Å². The van der Waals surface area contributed by atoms with Crippen molar-refractivity contribution in [2.75, 3.05) is 6.61 Å². The van der Waals surface area contributed by atoms with Crippen LogP contribution in [0.4, 0.5) is 22.0 Å². The first-order chi connectivity index (χ1) is 17.3. The Morgan fingerprint density at radius 1 is 0.973 bits per heavy atom. The first-order valence-corrected chi connectivity index (χ1v) is 12.0. The monoisotopic (exact) mass is 521 g/mol. The van der Waals surface area contributed by atoms with Gasteiger partial charge in [-0.1, -0.05) is 13.0 Å². The molecule has 1 aromatic heterocycles. The Kier molecular flexibility index (Phi) is 7.46. The lowest BCUT2D eigenvalue weighted by Crippen LogP contribution is -2.21. The number of halogens is 5. The van der Waals surface area contributed by atoms with Gasteiger partial charge in [-0.3, -0.25) is 0 Å². The van der Waals surface area contributed by atoms with E-state index in [-0.39, 0.29) is 48.0 Å². The van der Waals surface area contributed by atoms with Crippen LogP contribution in [-0.4, -0.2) is 22.3 Å². The minimum absolute atomic E-state index is 0.0151. The molecule has 4 nitrogen and oxygen atoms in total. The van der Waals surface area contributed by atoms with E-state index in [0.29, 0.717) is 12.0 Å². The van der Waals surface area contributed by atoms with E-state index in [4.69, 9.17) is 9.47 Å². The SMILES string of the molecule is C[C@@H]1Cc2cnc(OCc3cc(-c4ccc(OCCC(C)(C)O)c(F)c4)c(C(F)(F)F)cc3F)cc2C1. The van der Waals surface area contributed by atoms with Gasteiger partial charge in [-0.25, -0.2) is 13.8 Å². The summed E-state index contributed by atoms with van der Waals surface area (Å²) in [5.41, 5.74) is -0.629. The number of fused-ring (bicyclic) bond motifs is 1. The van der Waals surface area contributed by atoms with Crippen molar-refractivity contribution in [3.63, 3.8) is 0 Å². The molecule has 0 spiro atoms. The number of ether oxygens (including phenoxy) is 2. The lowest BCUT2D eigenvalue weighted by molar-refractivity contribution is -0.137. The molecule has 9 heteroatoms. The largest absolute Gasteiger partial charge is 0.490 e. The average molecular weight is 522 g/mol. The number of aliphatic hydroxyl groups is 1. The molecule has 0 fully saturated rings. The maximum absolute atomic E-state index is 14.7. The van der Waals surface area contributed by atoms with Gasteiger partial charge in [-0.2, -0.15) is 13.2 Å². The Morgan fingerprint density at radius 3 is 2.38 bits per heavy atom. The van der Waals surface area contributed by atoms with E-state index in [1.165, 1.54) is 12.1 Å². The normalized spacial score (nSPS) is 15.5. The molecule has 2 aromatic carbocycles. The summed E-state index contributed by atoms with van der Waals surface area (Å²) in [6, 6.07) is 6.60. The summed E-state index contributed by atoms with van der Waals surface area (Å²) in [4.78, 5) is 4.22. The molecule has 0 radical (unpaired) electrons. The summed E-state index contributed by atoms with van der Waals surface area (Å²) in [5.74, 6) is -1.38. The highest BCUT2D eigenvalue weighted by Crippen LogP contribution is 2.40. The van der Waals surface area contributed by atoms with Crippen molar-refractivity contribution >= 4 is 0 Å². The third kappa shape index (κ3) is 6.57. The number of nitrogens with zero attached hydrogens (tertiary/aromatic N) is 1. The lowest BCUT2D eigenvalue weighted by Gasteiger charge is -2.18. The predicted octanol–water partition coefficient (Wildman–Crippen LogP) is 6.90. The van der Waals surface area contributed by atoms with Crippen molar-refractivity contribution in [1.82, 2.24) is 4.98 Å². The van der Waals surface area contributed by atoms with Crippen LogP contribution in [0, 0.1) is 17.6 Å². The van der Waals surface area contributed by atoms with E-state index in [9.17, 15) is 27.1 Å². The number of benzene rings is 2. The van der Waals surface area contributed by atoms with Crippen LogP contribution in [-0.2, 0) is 25.6 Å². The maximum atomic E-state index is 14.7. The van der Waals surface area contributed by atoms with Gasteiger partial charge in [0.25, 0.3) is 0 Å². The van der Waals surface area contributed by atoms with Crippen LogP contribution in [0.25, 0.3) is 11.1 Å². The highest BCUT2D eigenvalue weighted by molar-refractivity contribution is 5.70. The molecule has 198 valence electrons. The molecule has 3 aromatic rings. The molecule has 37 heavy (non-hydrogen) atoms. The van der Waals surface area contributed by atoms with E-state index in [2.05, 4.69) is 11.9 Å². The van der Waals surface area contributed by atoms with Crippen molar-refractivity contribution < 1.29 is 36.5 Å². The van der Waals surface area contributed by atoms with Crippen LogP contribution in [0.15, 0.2) is 42.6 Å². The fourth-order valence-corrected chi connectivity index (χ4v) is 4.33. The van der Waals surface area contributed by atoms with Crippen molar-refractivity contribution in [2.24, 2.45) is 5.92 Å². The standard InChI is InChI=1S/C28H28F5NO3/c1-16-8-18-12-26(34-14-19(18)9-16)37-15-20-10-21(22(13-23(20)29)28(31,32)33)17-4-5-25(24(30)11-17)36-7-6-27(2,3)35/h4-5,10-14,16,35H,6-9,15H2,1-3H3/t16-/m0/s1. The molecule has 0 unspecified atom stereocenters. The molecule has 1 aliphatic rings. The number of hydrogen-bond donors (Lipinski definition) is 1. The molecule has 1 N–H and O–H groups in total. The number of alkyl halides is 3. The zero-order chi connectivity index (χ0) is 27.0. The van der Waals surface area contributed by atoms with Crippen LogP contribution < -0.4 is 9.47 Å². The predicted molar refractivity (Wildman–Crippen MR) is 128 cm³/mol. The summed E-state index contributed by atoms with van der Waals surface area (Å²) >= 11 is 0.